The standard InChI is InChI=1S/C24H25N7O2/c1-3-33-20-9-7-19(8-10-20)31-23-21(27-28-31)22(25-16-26-23)29-11-13-30(14-12-29)24(32)18-6-4-5-17(2)15-18/h4-10,15-16H,3,11-14H2,1-2H3. The second-order valence-electron chi connectivity index (χ2n) is 7.95. The Morgan fingerprint density at radius 3 is 2.55 bits per heavy atom. The molecular weight excluding hydrogens is 418 g/mol. The zero-order valence-electron chi connectivity index (χ0n) is 18.7. The third-order valence-electron chi connectivity index (χ3n) is 5.74. The predicted molar refractivity (Wildman–Crippen MR) is 125 cm³/mol. The van der Waals surface area contributed by atoms with Crippen molar-refractivity contribution in [1.29, 1.82) is 0 Å². The maximum atomic E-state index is 12.9. The fraction of sp³-hybridized carbons (Fsp3) is 0.292. The van der Waals surface area contributed by atoms with E-state index < -0.39 is 0 Å². The van der Waals surface area contributed by atoms with Gasteiger partial charge in [0, 0.05) is 31.7 Å². The molecule has 33 heavy (non-hydrogen) atoms. The molecule has 0 N–H and O–H groups in total. The Morgan fingerprint density at radius 2 is 1.82 bits per heavy atom. The van der Waals surface area contributed by atoms with Gasteiger partial charge in [-0.15, -0.1) is 5.10 Å². The molecule has 2 aromatic heterocycles. The van der Waals surface area contributed by atoms with Crippen LogP contribution >= 0.6 is 0 Å². The summed E-state index contributed by atoms with van der Waals surface area (Å²) in [7, 11) is 0. The number of hydrogen-bond acceptors (Lipinski definition) is 7. The number of nitrogens with zero attached hydrogens (tertiary/aromatic N) is 7. The number of carbonyl (C=O) groups excluding carboxylic acids is 1. The van der Waals surface area contributed by atoms with Crippen molar-refractivity contribution in [3.05, 3.63) is 66.0 Å². The maximum Gasteiger partial charge on any atom is 0.253 e. The van der Waals surface area contributed by atoms with Crippen LogP contribution in [0, 0.1) is 6.92 Å². The van der Waals surface area contributed by atoms with E-state index in [0.29, 0.717) is 43.9 Å². The van der Waals surface area contributed by atoms with E-state index in [4.69, 9.17) is 4.74 Å². The minimum absolute atomic E-state index is 0.0626. The molecule has 1 aliphatic heterocycles. The first kappa shape index (κ1) is 20.9. The van der Waals surface area contributed by atoms with Crippen molar-refractivity contribution < 1.29 is 9.53 Å². The van der Waals surface area contributed by atoms with E-state index in [9.17, 15) is 4.79 Å². The molecule has 1 amide bonds. The van der Waals surface area contributed by atoms with Crippen molar-refractivity contribution in [2.45, 2.75) is 13.8 Å². The molecular formula is C24H25N7O2. The van der Waals surface area contributed by atoms with E-state index >= 15 is 0 Å². The van der Waals surface area contributed by atoms with Gasteiger partial charge in [-0.2, -0.15) is 4.68 Å². The molecule has 1 fully saturated rings. The number of ether oxygens (including phenoxy) is 1. The number of amides is 1. The van der Waals surface area contributed by atoms with Gasteiger partial charge in [0.15, 0.2) is 17.0 Å². The third-order valence-corrected chi connectivity index (χ3v) is 5.74. The van der Waals surface area contributed by atoms with Crippen molar-refractivity contribution in [1.82, 2.24) is 29.9 Å². The summed E-state index contributed by atoms with van der Waals surface area (Å²) in [5.41, 5.74) is 3.94. The molecule has 168 valence electrons. The highest BCUT2D eigenvalue weighted by Gasteiger charge is 2.25. The molecule has 0 aliphatic carbocycles. The quantitative estimate of drug-likeness (QED) is 0.469. The number of aryl methyl sites for hydroxylation is 1. The smallest absolute Gasteiger partial charge is 0.253 e. The number of anilines is 1. The third kappa shape index (κ3) is 4.09. The van der Waals surface area contributed by atoms with Gasteiger partial charge in [0.05, 0.1) is 12.3 Å². The zero-order chi connectivity index (χ0) is 22.8. The Labute approximate surface area is 191 Å². The Morgan fingerprint density at radius 1 is 1.03 bits per heavy atom. The van der Waals surface area contributed by atoms with E-state index in [1.54, 1.807) is 4.68 Å². The lowest BCUT2D eigenvalue weighted by Gasteiger charge is -2.35. The van der Waals surface area contributed by atoms with Crippen LogP contribution in [0.15, 0.2) is 54.9 Å². The summed E-state index contributed by atoms with van der Waals surface area (Å²) in [4.78, 5) is 25.8. The first-order chi connectivity index (χ1) is 16.1. The molecule has 5 rings (SSSR count). The molecule has 4 aromatic rings. The zero-order valence-corrected chi connectivity index (χ0v) is 18.7. The number of fused-ring (bicyclic) bond motifs is 1. The Balaban J connectivity index is 1.34. The summed E-state index contributed by atoms with van der Waals surface area (Å²) >= 11 is 0. The first-order valence-corrected chi connectivity index (χ1v) is 11.0. The first-order valence-electron chi connectivity index (χ1n) is 11.0. The fourth-order valence-corrected chi connectivity index (χ4v) is 4.07. The Bertz CT molecular complexity index is 1280. The summed E-state index contributed by atoms with van der Waals surface area (Å²) in [5, 5.41) is 8.69. The monoisotopic (exact) mass is 443 g/mol. The fourth-order valence-electron chi connectivity index (χ4n) is 4.07. The largest absolute Gasteiger partial charge is 0.494 e. The SMILES string of the molecule is CCOc1ccc(-n2nnc3c(N4CCN(C(=O)c5cccc(C)c5)CC4)ncnc32)cc1. The summed E-state index contributed by atoms with van der Waals surface area (Å²) in [5.74, 6) is 1.60. The molecule has 2 aromatic carbocycles. The molecule has 9 heteroatoms. The van der Waals surface area contributed by atoms with Gasteiger partial charge in [-0.1, -0.05) is 22.9 Å². The second-order valence-corrected chi connectivity index (χ2v) is 7.95. The summed E-state index contributed by atoms with van der Waals surface area (Å²) in [6, 6.07) is 15.4. The molecule has 0 spiro atoms. The second kappa shape index (κ2) is 8.85. The average molecular weight is 444 g/mol. The molecule has 0 bridgehead atoms. The van der Waals surface area contributed by atoms with Gasteiger partial charge in [0.25, 0.3) is 5.91 Å². The lowest BCUT2D eigenvalue weighted by molar-refractivity contribution is 0.0746. The van der Waals surface area contributed by atoms with Gasteiger partial charge < -0.3 is 14.5 Å². The number of benzene rings is 2. The van der Waals surface area contributed by atoms with Crippen LogP contribution < -0.4 is 9.64 Å². The molecule has 1 aliphatic rings. The molecule has 9 nitrogen and oxygen atoms in total. The molecule has 0 saturated carbocycles. The van der Waals surface area contributed by atoms with E-state index in [2.05, 4.69) is 25.2 Å². The Kier molecular flexibility index (Phi) is 5.60. The highest BCUT2D eigenvalue weighted by molar-refractivity contribution is 5.94. The summed E-state index contributed by atoms with van der Waals surface area (Å²) in [6.45, 7) is 7.13. The number of piperazine rings is 1. The Hall–Kier alpha value is -4.01. The van der Waals surface area contributed by atoms with E-state index in [1.165, 1.54) is 6.33 Å². The van der Waals surface area contributed by atoms with Crippen molar-refractivity contribution >= 4 is 22.9 Å². The van der Waals surface area contributed by atoms with Crippen LogP contribution in [0.5, 0.6) is 5.75 Å². The van der Waals surface area contributed by atoms with E-state index in [1.807, 2.05) is 67.3 Å². The van der Waals surface area contributed by atoms with Crippen LogP contribution in [0.1, 0.15) is 22.8 Å². The van der Waals surface area contributed by atoms with Crippen LogP contribution in [0.4, 0.5) is 5.82 Å². The van der Waals surface area contributed by atoms with Gasteiger partial charge in [0.1, 0.15) is 12.1 Å². The normalized spacial score (nSPS) is 14.0. The van der Waals surface area contributed by atoms with E-state index in [0.717, 1.165) is 28.4 Å². The number of hydrogen-bond donors (Lipinski definition) is 0. The van der Waals surface area contributed by atoms with Crippen LogP contribution in [0.2, 0.25) is 0 Å². The van der Waals surface area contributed by atoms with Crippen LogP contribution in [0.3, 0.4) is 0 Å². The topological polar surface area (TPSA) is 89.3 Å². The van der Waals surface area contributed by atoms with Crippen molar-refractivity contribution in [2.24, 2.45) is 0 Å². The molecule has 3 heterocycles. The number of carbonyl (C=O) groups is 1. The number of aromatic nitrogens is 5. The lowest BCUT2D eigenvalue weighted by atomic mass is 10.1. The van der Waals surface area contributed by atoms with Gasteiger partial charge >= 0.3 is 0 Å². The molecule has 0 atom stereocenters. The highest BCUT2D eigenvalue weighted by Crippen LogP contribution is 2.25. The van der Waals surface area contributed by atoms with Gasteiger partial charge in [0.2, 0.25) is 0 Å². The molecule has 1 saturated heterocycles. The van der Waals surface area contributed by atoms with Crippen molar-refractivity contribution in [3.63, 3.8) is 0 Å². The maximum absolute atomic E-state index is 12.9. The average Bonchev–Trinajstić information content (AvgIpc) is 3.29. The van der Waals surface area contributed by atoms with Crippen LogP contribution in [0.25, 0.3) is 16.9 Å². The van der Waals surface area contributed by atoms with Crippen molar-refractivity contribution in [3.8, 4) is 11.4 Å². The predicted octanol–water partition coefficient (Wildman–Crippen LogP) is 2.88. The van der Waals surface area contributed by atoms with Crippen LogP contribution in [-0.4, -0.2) is 68.6 Å². The highest BCUT2D eigenvalue weighted by atomic mass is 16.5. The number of rotatable bonds is 5. The van der Waals surface area contributed by atoms with Gasteiger partial charge in [-0.3, -0.25) is 4.79 Å². The molecule has 0 radical (unpaired) electrons. The molecule has 0 unspecified atom stereocenters. The van der Waals surface area contributed by atoms with Crippen molar-refractivity contribution in [2.75, 3.05) is 37.7 Å². The minimum Gasteiger partial charge on any atom is -0.494 e. The summed E-state index contributed by atoms with van der Waals surface area (Å²) in [6.07, 6.45) is 1.54. The van der Waals surface area contributed by atoms with Crippen LogP contribution in [-0.2, 0) is 0 Å². The van der Waals surface area contributed by atoms with Gasteiger partial charge in [-0.05, 0) is 50.2 Å². The lowest BCUT2D eigenvalue weighted by Crippen LogP contribution is -2.49. The summed E-state index contributed by atoms with van der Waals surface area (Å²) < 4.78 is 7.22. The van der Waals surface area contributed by atoms with E-state index in [-0.39, 0.29) is 5.91 Å². The minimum atomic E-state index is 0.0626. The van der Waals surface area contributed by atoms with Gasteiger partial charge in [-0.25, -0.2) is 9.97 Å².